The van der Waals surface area contributed by atoms with E-state index >= 15 is 0 Å². The van der Waals surface area contributed by atoms with E-state index in [1.165, 1.54) is 32.1 Å². The maximum atomic E-state index is 2.32. The number of aromatic nitrogens is 1. The standard InChI is InChI=1S/C12H17N/c1-13-7-11-5-9-3-2-4-10(9)6-12(11)8-13/h7-10H,2-6H2,1H3. The van der Waals surface area contributed by atoms with Crippen LogP contribution >= 0.6 is 0 Å². The average Bonchev–Trinajstić information content (AvgIpc) is 2.63. The first-order valence-electron chi connectivity index (χ1n) is 5.46. The molecule has 1 saturated carbocycles. The number of hydrogen-bond donors (Lipinski definition) is 0. The van der Waals surface area contributed by atoms with Crippen LogP contribution in [0.5, 0.6) is 0 Å². The van der Waals surface area contributed by atoms with E-state index in [0.717, 1.165) is 11.8 Å². The van der Waals surface area contributed by atoms with Crippen LogP contribution in [0.2, 0.25) is 0 Å². The van der Waals surface area contributed by atoms with Crippen molar-refractivity contribution in [2.45, 2.75) is 32.1 Å². The van der Waals surface area contributed by atoms with Crippen LogP contribution in [-0.4, -0.2) is 4.57 Å². The molecule has 2 atom stereocenters. The van der Waals surface area contributed by atoms with Gasteiger partial charge in [-0.1, -0.05) is 6.42 Å². The predicted molar refractivity (Wildman–Crippen MR) is 53.7 cm³/mol. The number of hydrogen-bond acceptors (Lipinski definition) is 0. The quantitative estimate of drug-likeness (QED) is 0.571. The maximum absolute atomic E-state index is 2.32. The molecule has 1 nitrogen and oxygen atoms in total. The zero-order chi connectivity index (χ0) is 8.84. The molecule has 0 aliphatic heterocycles. The van der Waals surface area contributed by atoms with Crippen LogP contribution in [0.3, 0.4) is 0 Å². The smallest absolute Gasteiger partial charge is 0.0106 e. The van der Waals surface area contributed by atoms with Crippen LogP contribution in [0, 0.1) is 11.8 Å². The molecular weight excluding hydrogens is 158 g/mol. The van der Waals surface area contributed by atoms with E-state index in [1.54, 1.807) is 11.1 Å². The van der Waals surface area contributed by atoms with Crippen molar-refractivity contribution >= 4 is 0 Å². The Bertz CT molecular complexity index is 294. The lowest BCUT2D eigenvalue weighted by Crippen LogP contribution is -2.19. The van der Waals surface area contributed by atoms with Crippen molar-refractivity contribution < 1.29 is 0 Å². The van der Waals surface area contributed by atoms with Crippen molar-refractivity contribution in [1.29, 1.82) is 0 Å². The third kappa shape index (κ3) is 1.13. The van der Waals surface area contributed by atoms with Gasteiger partial charge in [0, 0.05) is 19.4 Å². The molecular formula is C12H17N. The summed E-state index contributed by atoms with van der Waals surface area (Å²) in [6.45, 7) is 0. The lowest BCUT2D eigenvalue weighted by atomic mass is 9.80. The molecule has 1 heteroatoms. The van der Waals surface area contributed by atoms with E-state index < -0.39 is 0 Å². The minimum Gasteiger partial charge on any atom is -0.357 e. The number of aryl methyl sites for hydroxylation is 1. The van der Waals surface area contributed by atoms with Gasteiger partial charge < -0.3 is 4.57 Å². The molecule has 70 valence electrons. The molecule has 0 N–H and O–H groups in total. The topological polar surface area (TPSA) is 4.93 Å². The molecule has 0 radical (unpaired) electrons. The minimum atomic E-state index is 1.02. The van der Waals surface area contributed by atoms with Crippen molar-refractivity contribution in [1.82, 2.24) is 4.57 Å². The minimum absolute atomic E-state index is 1.02. The first-order chi connectivity index (χ1) is 6.33. The average molecular weight is 175 g/mol. The van der Waals surface area contributed by atoms with E-state index in [0.29, 0.717) is 0 Å². The molecule has 1 aromatic heterocycles. The van der Waals surface area contributed by atoms with E-state index in [-0.39, 0.29) is 0 Å². The van der Waals surface area contributed by atoms with Gasteiger partial charge in [-0.3, -0.25) is 0 Å². The van der Waals surface area contributed by atoms with Crippen LogP contribution in [0.1, 0.15) is 30.4 Å². The first kappa shape index (κ1) is 7.66. The largest absolute Gasteiger partial charge is 0.357 e. The van der Waals surface area contributed by atoms with Gasteiger partial charge in [-0.15, -0.1) is 0 Å². The van der Waals surface area contributed by atoms with Crippen LogP contribution in [-0.2, 0) is 19.9 Å². The van der Waals surface area contributed by atoms with E-state index in [9.17, 15) is 0 Å². The Hall–Kier alpha value is -0.720. The van der Waals surface area contributed by atoms with Crippen molar-refractivity contribution in [3.63, 3.8) is 0 Å². The fourth-order valence-corrected chi connectivity index (χ4v) is 3.28. The molecule has 13 heavy (non-hydrogen) atoms. The third-order valence-electron chi connectivity index (χ3n) is 3.91. The highest BCUT2D eigenvalue weighted by atomic mass is 14.9. The van der Waals surface area contributed by atoms with Gasteiger partial charge in [0.25, 0.3) is 0 Å². The first-order valence-corrected chi connectivity index (χ1v) is 5.46. The van der Waals surface area contributed by atoms with Gasteiger partial charge in [-0.05, 0) is 48.6 Å². The number of fused-ring (bicyclic) bond motifs is 2. The SMILES string of the molecule is Cn1cc2c(c1)CC1CCCC1C2. The molecule has 1 fully saturated rings. The summed E-state index contributed by atoms with van der Waals surface area (Å²) in [4.78, 5) is 0. The number of nitrogens with zero attached hydrogens (tertiary/aromatic N) is 1. The second-order valence-electron chi connectivity index (χ2n) is 4.83. The normalized spacial score (nSPS) is 31.5. The molecule has 3 rings (SSSR count). The Balaban J connectivity index is 1.96. The van der Waals surface area contributed by atoms with Gasteiger partial charge >= 0.3 is 0 Å². The van der Waals surface area contributed by atoms with Crippen molar-refractivity contribution in [3.05, 3.63) is 23.5 Å². The molecule has 0 bridgehead atoms. The van der Waals surface area contributed by atoms with E-state index in [1.807, 2.05) is 0 Å². The van der Waals surface area contributed by atoms with Gasteiger partial charge in [0.1, 0.15) is 0 Å². The monoisotopic (exact) mass is 175 g/mol. The van der Waals surface area contributed by atoms with Crippen LogP contribution in [0.15, 0.2) is 12.4 Å². The molecule has 0 saturated heterocycles. The Morgan fingerprint density at radius 1 is 1.08 bits per heavy atom. The Kier molecular flexibility index (Phi) is 1.55. The second kappa shape index (κ2) is 2.63. The number of rotatable bonds is 0. The zero-order valence-corrected chi connectivity index (χ0v) is 8.29. The fourth-order valence-electron chi connectivity index (χ4n) is 3.28. The molecule has 0 aromatic carbocycles. The van der Waals surface area contributed by atoms with Crippen LogP contribution in [0.4, 0.5) is 0 Å². The van der Waals surface area contributed by atoms with Gasteiger partial charge in [-0.2, -0.15) is 0 Å². The Morgan fingerprint density at radius 2 is 1.62 bits per heavy atom. The van der Waals surface area contributed by atoms with Crippen LogP contribution < -0.4 is 0 Å². The highest BCUT2D eigenvalue weighted by molar-refractivity contribution is 5.28. The lowest BCUT2D eigenvalue weighted by molar-refractivity contribution is 0.362. The van der Waals surface area contributed by atoms with Gasteiger partial charge in [-0.25, -0.2) is 0 Å². The highest BCUT2D eigenvalue weighted by Crippen LogP contribution is 2.41. The molecule has 2 aliphatic rings. The third-order valence-corrected chi connectivity index (χ3v) is 3.91. The van der Waals surface area contributed by atoms with Crippen molar-refractivity contribution in [2.24, 2.45) is 18.9 Å². The summed E-state index contributed by atoms with van der Waals surface area (Å²) in [6.07, 6.45) is 11.8. The Labute approximate surface area is 79.8 Å². The molecule has 0 amide bonds. The summed E-state index contributed by atoms with van der Waals surface area (Å²) in [5.74, 6) is 2.05. The van der Waals surface area contributed by atoms with Gasteiger partial charge in [0.2, 0.25) is 0 Å². The molecule has 1 heterocycles. The van der Waals surface area contributed by atoms with E-state index in [4.69, 9.17) is 0 Å². The summed E-state index contributed by atoms with van der Waals surface area (Å²) in [5, 5.41) is 0. The zero-order valence-electron chi connectivity index (χ0n) is 8.29. The highest BCUT2D eigenvalue weighted by Gasteiger charge is 2.32. The fraction of sp³-hybridized carbons (Fsp3) is 0.667. The summed E-state index contributed by atoms with van der Waals surface area (Å²) >= 11 is 0. The predicted octanol–water partition coefficient (Wildman–Crippen LogP) is 2.54. The van der Waals surface area contributed by atoms with Gasteiger partial charge in [0.15, 0.2) is 0 Å². The molecule has 0 spiro atoms. The van der Waals surface area contributed by atoms with Crippen molar-refractivity contribution in [2.75, 3.05) is 0 Å². The van der Waals surface area contributed by atoms with E-state index in [2.05, 4.69) is 24.0 Å². The summed E-state index contributed by atoms with van der Waals surface area (Å²) in [5.41, 5.74) is 3.26. The molecule has 2 unspecified atom stereocenters. The lowest BCUT2D eigenvalue weighted by Gasteiger charge is -2.25. The molecule has 1 aromatic rings. The Morgan fingerprint density at radius 3 is 2.15 bits per heavy atom. The van der Waals surface area contributed by atoms with Crippen LogP contribution in [0.25, 0.3) is 0 Å². The second-order valence-corrected chi connectivity index (χ2v) is 4.83. The summed E-state index contributed by atoms with van der Waals surface area (Å²) < 4.78 is 2.23. The molecule has 2 aliphatic carbocycles. The van der Waals surface area contributed by atoms with Crippen molar-refractivity contribution in [3.8, 4) is 0 Å². The van der Waals surface area contributed by atoms with Gasteiger partial charge in [0.05, 0.1) is 0 Å². The summed E-state index contributed by atoms with van der Waals surface area (Å²) in [6, 6.07) is 0. The maximum Gasteiger partial charge on any atom is 0.0106 e. The summed E-state index contributed by atoms with van der Waals surface area (Å²) in [7, 11) is 2.15.